The first-order valence-corrected chi connectivity index (χ1v) is 15.0. The molecule has 3 aromatic carbocycles. The van der Waals surface area contributed by atoms with Crippen LogP contribution in [0, 0.1) is 0 Å². The van der Waals surface area contributed by atoms with E-state index < -0.39 is 22.2 Å². The highest BCUT2D eigenvalue weighted by Crippen LogP contribution is 2.38. The Balaban J connectivity index is 1.31. The molecule has 228 valence electrons. The lowest BCUT2D eigenvalue weighted by molar-refractivity contribution is -0.143. The van der Waals surface area contributed by atoms with E-state index in [4.69, 9.17) is 23.7 Å². The summed E-state index contributed by atoms with van der Waals surface area (Å²) in [5.74, 6) is 0.664. The molecule has 3 N–H and O–H groups in total. The molecule has 2 atom stereocenters. The van der Waals surface area contributed by atoms with Crippen molar-refractivity contribution in [2.75, 3.05) is 45.5 Å². The third-order valence-corrected chi connectivity index (χ3v) is 8.86. The van der Waals surface area contributed by atoms with E-state index in [1.54, 1.807) is 42.5 Å². The number of aromatic hydroxyl groups is 1. The van der Waals surface area contributed by atoms with E-state index >= 15 is 0 Å². The number of fused-ring (bicyclic) bond motifs is 1. The number of aliphatic hydroxyl groups excluding tert-OH is 1. The second-order valence-electron chi connectivity index (χ2n) is 9.68. The van der Waals surface area contributed by atoms with E-state index in [2.05, 4.69) is 5.32 Å². The minimum absolute atomic E-state index is 0.0276. The number of carbonyl (C=O) groups excluding carboxylic acids is 1. The van der Waals surface area contributed by atoms with Crippen LogP contribution in [0.25, 0.3) is 0 Å². The molecule has 2 aliphatic heterocycles. The fraction of sp³-hybridized carbons (Fsp3) is 0.300. The Morgan fingerprint density at radius 1 is 1.05 bits per heavy atom. The number of para-hydroxylation sites is 2. The summed E-state index contributed by atoms with van der Waals surface area (Å²) in [7, 11) is -2.46. The number of aliphatic hydroxyl groups is 1. The summed E-state index contributed by atoms with van der Waals surface area (Å²) in [4.78, 5) is 13.2. The lowest BCUT2D eigenvalue weighted by atomic mass is 9.92. The van der Waals surface area contributed by atoms with Gasteiger partial charge in [-0.05, 0) is 60.2 Å². The minimum Gasteiger partial charge on any atom is -0.506 e. The van der Waals surface area contributed by atoms with Crippen LogP contribution in [0.3, 0.4) is 0 Å². The number of sulfonamides is 1. The highest BCUT2D eigenvalue weighted by atomic mass is 32.2. The quantitative estimate of drug-likeness (QED) is 0.260. The smallest absolute Gasteiger partial charge is 0.290 e. The van der Waals surface area contributed by atoms with Gasteiger partial charge in [-0.2, -0.15) is 4.31 Å². The van der Waals surface area contributed by atoms with Crippen LogP contribution in [-0.2, 0) is 24.3 Å². The summed E-state index contributed by atoms with van der Waals surface area (Å²) in [5, 5.41) is 22.3. The first-order valence-electron chi connectivity index (χ1n) is 13.5. The number of benzene rings is 3. The van der Waals surface area contributed by atoms with Crippen LogP contribution in [0.1, 0.15) is 17.9 Å². The molecule has 0 fully saturated rings. The third kappa shape index (κ3) is 7.03. The van der Waals surface area contributed by atoms with Crippen LogP contribution in [0.15, 0.2) is 83.5 Å². The normalized spacial score (nSPS) is 17.7. The van der Waals surface area contributed by atoms with Gasteiger partial charge in [0, 0.05) is 25.4 Å². The number of carbonyl (C=O) groups is 1. The number of hydrogen-bond acceptors (Lipinski definition) is 10. The molecule has 0 aromatic heterocycles. The van der Waals surface area contributed by atoms with E-state index in [1.165, 1.54) is 25.3 Å². The van der Waals surface area contributed by atoms with Crippen LogP contribution in [0.2, 0.25) is 0 Å². The molecule has 1 amide bonds. The lowest BCUT2D eigenvalue weighted by Gasteiger charge is -2.30. The van der Waals surface area contributed by atoms with Crippen LogP contribution >= 0.6 is 0 Å². The molecule has 0 bridgehead atoms. The standard InChI is InChI=1S/C30H32N2O10S/c1-38-22-7-9-23(10-8-22)43(36,37)32(12-14-33)13-15-39-29-18-21(20-6-11-26-27(16-20)41-19-40-26)17-28(42-29)30(35)31-24-4-2-3-5-25(24)34/h2-11,16-17,21,29,33-34H,12-15,18-19H2,1H3,(H,31,35)/t21-,29+/m1/s1. The van der Waals surface area contributed by atoms with Crippen molar-refractivity contribution in [2.24, 2.45) is 0 Å². The summed E-state index contributed by atoms with van der Waals surface area (Å²) in [6.45, 7) is -0.570. The van der Waals surface area contributed by atoms with Gasteiger partial charge in [0.1, 0.15) is 11.5 Å². The van der Waals surface area contributed by atoms with Gasteiger partial charge in [-0.1, -0.05) is 18.2 Å². The first kappa shape index (κ1) is 30.2. The van der Waals surface area contributed by atoms with Crippen LogP contribution < -0.4 is 19.5 Å². The average molecular weight is 613 g/mol. The number of hydrogen-bond donors (Lipinski definition) is 3. The van der Waals surface area contributed by atoms with Gasteiger partial charge in [0.25, 0.3) is 5.91 Å². The number of nitrogens with zero attached hydrogens (tertiary/aromatic N) is 1. The van der Waals surface area contributed by atoms with Crippen molar-refractivity contribution in [3.63, 3.8) is 0 Å². The Morgan fingerprint density at radius 2 is 1.81 bits per heavy atom. The highest BCUT2D eigenvalue weighted by molar-refractivity contribution is 7.89. The Labute approximate surface area is 249 Å². The SMILES string of the molecule is COc1ccc(S(=O)(=O)N(CCO)CCO[C@@H]2C[C@H](c3ccc4c(c3)OCO4)C=C(C(=O)Nc3ccccc3O)O2)cc1. The van der Waals surface area contributed by atoms with Crippen molar-refractivity contribution >= 4 is 21.6 Å². The molecule has 2 heterocycles. The van der Waals surface area contributed by atoms with Crippen molar-refractivity contribution in [3.8, 4) is 23.0 Å². The number of nitrogens with one attached hydrogen (secondary N) is 1. The molecule has 2 aliphatic rings. The number of rotatable bonds is 12. The summed E-state index contributed by atoms with van der Waals surface area (Å²) >= 11 is 0. The van der Waals surface area contributed by atoms with E-state index in [-0.39, 0.29) is 61.1 Å². The maximum absolute atomic E-state index is 13.3. The predicted octanol–water partition coefficient (Wildman–Crippen LogP) is 3.18. The molecule has 5 rings (SSSR count). The Kier molecular flexibility index (Phi) is 9.36. The van der Waals surface area contributed by atoms with Crippen LogP contribution in [0.5, 0.6) is 23.0 Å². The van der Waals surface area contributed by atoms with Crippen molar-refractivity contribution in [1.82, 2.24) is 4.31 Å². The summed E-state index contributed by atoms with van der Waals surface area (Å²) < 4.78 is 55.5. The molecule has 0 saturated carbocycles. The molecule has 0 saturated heterocycles. The molecule has 0 spiro atoms. The number of amides is 1. The van der Waals surface area contributed by atoms with Gasteiger partial charge in [0.05, 0.1) is 30.9 Å². The van der Waals surface area contributed by atoms with Gasteiger partial charge >= 0.3 is 0 Å². The van der Waals surface area contributed by atoms with E-state index in [0.717, 1.165) is 9.87 Å². The molecular formula is C30H32N2O10S. The lowest BCUT2D eigenvalue weighted by Crippen LogP contribution is -2.37. The Bertz CT molecular complexity index is 1580. The zero-order valence-electron chi connectivity index (χ0n) is 23.3. The third-order valence-electron chi connectivity index (χ3n) is 6.95. The molecule has 0 radical (unpaired) electrons. The first-order chi connectivity index (χ1) is 20.8. The number of methoxy groups -OCH3 is 1. The van der Waals surface area contributed by atoms with Gasteiger partial charge < -0.3 is 39.2 Å². The second-order valence-corrected chi connectivity index (χ2v) is 11.6. The monoisotopic (exact) mass is 612 g/mol. The number of phenols is 1. The topological polar surface area (TPSA) is 153 Å². The molecule has 13 heteroatoms. The second kappa shape index (κ2) is 13.3. The van der Waals surface area contributed by atoms with Crippen LogP contribution in [-0.4, -0.2) is 75.3 Å². The maximum atomic E-state index is 13.3. The Morgan fingerprint density at radius 3 is 2.56 bits per heavy atom. The van der Waals surface area contributed by atoms with E-state index in [0.29, 0.717) is 23.7 Å². The maximum Gasteiger partial charge on any atom is 0.290 e. The largest absolute Gasteiger partial charge is 0.506 e. The summed E-state index contributed by atoms with van der Waals surface area (Å²) in [5.41, 5.74) is 1.04. The molecule has 0 unspecified atom stereocenters. The molecular weight excluding hydrogens is 580 g/mol. The van der Waals surface area contributed by atoms with Crippen LogP contribution in [0.4, 0.5) is 5.69 Å². The van der Waals surface area contributed by atoms with Crippen molar-refractivity contribution in [2.45, 2.75) is 23.5 Å². The van der Waals surface area contributed by atoms with E-state index in [9.17, 15) is 23.4 Å². The molecule has 12 nitrogen and oxygen atoms in total. The van der Waals surface area contributed by atoms with E-state index in [1.807, 2.05) is 12.1 Å². The average Bonchev–Trinajstić information content (AvgIpc) is 3.50. The molecule has 0 aliphatic carbocycles. The highest BCUT2D eigenvalue weighted by Gasteiger charge is 2.31. The number of allylic oxidation sites excluding steroid dienone is 1. The zero-order chi connectivity index (χ0) is 30.4. The predicted molar refractivity (Wildman–Crippen MR) is 154 cm³/mol. The van der Waals surface area contributed by atoms with Gasteiger partial charge in [-0.15, -0.1) is 0 Å². The number of phenolic OH excluding ortho intramolecular Hbond substituents is 1. The van der Waals surface area contributed by atoms with Crippen molar-refractivity contribution in [3.05, 3.63) is 84.1 Å². The van der Waals surface area contributed by atoms with Gasteiger partial charge in [-0.25, -0.2) is 8.42 Å². The Hall–Kier alpha value is -4.30. The fourth-order valence-corrected chi connectivity index (χ4v) is 6.12. The van der Waals surface area contributed by atoms with Gasteiger partial charge in [0.15, 0.2) is 17.3 Å². The summed E-state index contributed by atoms with van der Waals surface area (Å²) in [6, 6.07) is 17.7. The van der Waals surface area contributed by atoms with Crippen molar-refractivity contribution in [1.29, 1.82) is 0 Å². The number of ether oxygens (including phenoxy) is 5. The minimum atomic E-state index is -3.94. The molecule has 43 heavy (non-hydrogen) atoms. The zero-order valence-corrected chi connectivity index (χ0v) is 24.2. The molecule has 3 aromatic rings. The number of anilines is 1. The van der Waals surface area contributed by atoms with Gasteiger partial charge in [-0.3, -0.25) is 4.79 Å². The van der Waals surface area contributed by atoms with Crippen molar-refractivity contribution < 1.29 is 47.1 Å². The summed E-state index contributed by atoms with van der Waals surface area (Å²) in [6.07, 6.45) is 1.07. The fourth-order valence-electron chi connectivity index (χ4n) is 4.70. The van der Waals surface area contributed by atoms with Gasteiger partial charge in [0.2, 0.25) is 23.1 Å².